The average molecular weight is 441 g/mol. The van der Waals surface area contributed by atoms with Crippen molar-refractivity contribution in [2.45, 2.75) is 19.0 Å². The number of carbonyl (C=O) groups excluding carboxylic acids is 1. The van der Waals surface area contributed by atoms with Gasteiger partial charge in [-0.25, -0.2) is 9.97 Å². The number of fused-ring (bicyclic) bond motifs is 1. The van der Waals surface area contributed by atoms with E-state index < -0.39 is 0 Å². The molecule has 0 unspecified atom stereocenters. The quantitative estimate of drug-likeness (QED) is 0.486. The van der Waals surface area contributed by atoms with Crippen LogP contribution in [0.25, 0.3) is 10.2 Å². The summed E-state index contributed by atoms with van der Waals surface area (Å²) in [6.45, 7) is 0.650. The molecule has 1 atom stereocenters. The zero-order valence-electron chi connectivity index (χ0n) is 14.4. The normalized spacial score (nSPS) is 12.2. The number of halogens is 1. The fraction of sp³-hybridized carbons (Fsp3) is 0.150. The molecule has 2 heterocycles. The lowest BCUT2D eigenvalue weighted by Crippen LogP contribution is -2.39. The Hall–Kier alpha value is -2.51. The number of hydrogen-bond acceptors (Lipinski definition) is 4. The molecule has 0 saturated carbocycles. The van der Waals surface area contributed by atoms with Gasteiger partial charge in [0, 0.05) is 23.4 Å². The van der Waals surface area contributed by atoms with Gasteiger partial charge in [-0.2, -0.15) is 0 Å². The minimum absolute atomic E-state index is 0.0622. The smallest absolute Gasteiger partial charge is 0.280 e. The van der Waals surface area contributed by atoms with Gasteiger partial charge in [0.15, 0.2) is 5.01 Å². The topological polar surface area (TPSA) is 59.8 Å². The fourth-order valence-electron chi connectivity index (χ4n) is 2.95. The second-order valence-electron chi connectivity index (χ2n) is 6.25. The summed E-state index contributed by atoms with van der Waals surface area (Å²) >= 11 is 4.86. The highest BCUT2D eigenvalue weighted by Crippen LogP contribution is 2.25. The van der Waals surface area contributed by atoms with Crippen LogP contribution >= 0.6 is 27.3 Å². The molecule has 0 saturated heterocycles. The lowest BCUT2D eigenvalue weighted by Gasteiger charge is -2.19. The van der Waals surface area contributed by atoms with E-state index in [-0.39, 0.29) is 11.9 Å². The van der Waals surface area contributed by atoms with E-state index in [0.29, 0.717) is 11.6 Å². The van der Waals surface area contributed by atoms with Gasteiger partial charge >= 0.3 is 0 Å². The molecule has 0 aliphatic heterocycles. The molecule has 4 aromatic rings. The number of hydrogen-bond donors (Lipinski definition) is 1. The molecule has 1 N–H and O–H groups in total. The van der Waals surface area contributed by atoms with Crippen LogP contribution in [-0.2, 0) is 13.0 Å². The predicted octanol–water partition coefficient (Wildman–Crippen LogP) is 4.30. The van der Waals surface area contributed by atoms with Crippen molar-refractivity contribution in [3.8, 4) is 0 Å². The maximum Gasteiger partial charge on any atom is 0.280 e. The Kier molecular flexibility index (Phi) is 5.31. The first kappa shape index (κ1) is 17.9. The van der Waals surface area contributed by atoms with Gasteiger partial charge in [-0.3, -0.25) is 4.79 Å². The molecule has 2 aromatic carbocycles. The lowest BCUT2D eigenvalue weighted by atomic mass is 10.1. The lowest BCUT2D eigenvalue weighted by molar-refractivity contribution is 0.0932. The van der Waals surface area contributed by atoms with Crippen LogP contribution in [0.1, 0.15) is 15.4 Å². The number of rotatable bonds is 6. The molecule has 136 valence electrons. The molecule has 7 heteroatoms. The maximum absolute atomic E-state index is 12.8. The summed E-state index contributed by atoms with van der Waals surface area (Å²) in [7, 11) is 0. The van der Waals surface area contributed by atoms with Gasteiger partial charge in [0.2, 0.25) is 0 Å². The summed E-state index contributed by atoms with van der Waals surface area (Å²) in [5.41, 5.74) is 2.01. The van der Waals surface area contributed by atoms with Crippen LogP contribution in [0, 0.1) is 0 Å². The van der Waals surface area contributed by atoms with Crippen molar-refractivity contribution in [3.63, 3.8) is 0 Å². The first-order valence-corrected chi connectivity index (χ1v) is 10.1. The van der Waals surface area contributed by atoms with Gasteiger partial charge in [-0.1, -0.05) is 46.3 Å². The van der Waals surface area contributed by atoms with Crippen molar-refractivity contribution in [2.75, 3.05) is 0 Å². The second-order valence-corrected chi connectivity index (χ2v) is 8.20. The van der Waals surface area contributed by atoms with Crippen LogP contribution in [0.4, 0.5) is 0 Å². The number of nitrogens with zero attached hydrogens (tertiary/aromatic N) is 3. The van der Waals surface area contributed by atoms with E-state index in [4.69, 9.17) is 0 Å². The van der Waals surface area contributed by atoms with Crippen molar-refractivity contribution in [2.24, 2.45) is 0 Å². The third kappa shape index (κ3) is 4.43. The number of benzene rings is 2. The highest BCUT2D eigenvalue weighted by Gasteiger charge is 2.18. The van der Waals surface area contributed by atoms with E-state index in [2.05, 4.69) is 43.3 Å². The maximum atomic E-state index is 12.8. The number of aromatic nitrogens is 3. The van der Waals surface area contributed by atoms with Crippen LogP contribution < -0.4 is 5.32 Å². The van der Waals surface area contributed by atoms with Gasteiger partial charge in [-0.05, 0) is 30.2 Å². The van der Waals surface area contributed by atoms with E-state index in [1.807, 2.05) is 47.2 Å². The summed E-state index contributed by atoms with van der Waals surface area (Å²) in [5.74, 6) is -0.145. The van der Waals surface area contributed by atoms with Crippen molar-refractivity contribution in [1.29, 1.82) is 0 Å². The molecule has 27 heavy (non-hydrogen) atoms. The fourth-order valence-corrected chi connectivity index (χ4v) is 4.37. The van der Waals surface area contributed by atoms with Crippen molar-refractivity contribution >= 4 is 43.4 Å². The Balaban J connectivity index is 1.54. The predicted molar refractivity (Wildman–Crippen MR) is 111 cm³/mol. The molecule has 0 aliphatic carbocycles. The molecule has 1 amide bonds. The Morgan fingerprint density at radius 2 is 2.07 bits per heavy atom. The SMILES string of the molecule is O=C(N[C@@H](Cc1ccccc1)Cn1ccnc1)c1nc2ccc(Br)cc2s1. The zero-order valence-corrected chi connectivity index (χ0v) is 16.8. The molecule has 0 radical (unpaired) electrons. The molecular weight excluding hydrogens is 424 g/mol. The molecular formula is C20H17BrN4OS. The van der Waals surface area contributed by atoms with E-state index in [0.717, 1.165) is 21.1 Å². The highest BCUT2D eigenvalue weighted by molar-refractivity contribution is 9.10. The van der Waals surface area contributed by atoms with Crippen LogP contribution in [-0.4, -0.2) is 26.5 Å². The Morgan fingerprint density at radius 3 is 2.85 bits per heavy atom. The van der Waals surface area contributed by atoms with E-state index in [9.17, 15) is 4.79 Å². The molecule has 4 rings (SSSR count). The van der Waals surface area contributed by atoms with Gasteiger partial charge in [0.25, 0.3) is 5.91 Å². The second kappa shape index (κ2) is 8.02. The van der Waals surface area contributed by atoms with Crippen molar-refractivity contribution in [1.82, 2.24) is 19.9 Å². The van der Waals surface area contributed by atoms with Crippen molar-refractivity contribution in [3.05, 3.63) is 82.3 Å². The highest BCUT2D eigenvalue weighted by atomic mass is 79.9. The zero-order chi connectivity index (χ0) is 18.6. The standard InChI is InChI=1S/C20H17BrN4OS/c21-15-6-7-17-18(11-15)27-20(24-17)19(26)23-16(12-25-9-8-22-13-25)10-14-4-2-1-3-5-14/h1-9,11,13,16H,10,12H2,(H,23,26)/t16-/m0/s1. The average Bonchev–Trinajstić information content (AvgIpc) is 3.31. The number of imidazole rings is 1. The third-order valence-corrected chi connectivity index (χ3v) is 5.71. The van der Waals surface area contributed by atoms with Gasteiger partial charge in [-0.15, -0.1) is 11.3 Å². The van der Waals surface area contributed by atoms with Crippen LogP contribution in [0.15, 0.2) is 71.7 Å². The molecule has 5 nitrogen and oxygen atoms in total. The summed E-state index contributed by atoms with van der Waals surface area (Å²) in [5, 5.41) is 3.62. The largest absolute Gasteiger partial charge is 0.345 e. The summed E-state index contributed by atoms with van der Waals surface area (Å²) in [6, 6.07) is 15.9. The molecule has 0 bridgehead atoms. The molecule has 0 aliphatic rings. The number of nitrogens with one attached hydrogen (secondary N) is 1. The number of thiazole rings is 1. The minimum atomic E-state index is -0.145. The van der Waals surface area contributed by atoms with Crippen LogP contribution in [0.5, 0.6) is 0 Å². The van der Waals surface area contributed by atoms with Crippen LogP contribution in [0.3, 0.4) is 0 Å². The molecule has 0 spiro atoms. The summed E-state index contributed by atoms with van der Waals surface area (Å²) < 4.78 is 3.94. The van der Waals surface area contributed by atoms with Gasteiger partial charge in [0.1, 0.15) is 0 Å². The Labute approximate surface area is 169 Å². The van der Waals surface area contributed by atoms with E-state index in [1.54, 1.807) is 12.5 Å². The Morgan fingerprint density at radius 1 is 1.22 bits per heavy atom. The molecule has 2 aromatic heterocycles. The monoisotopic (exact) mass is 440 g/mol. The van der Waals surface area contributed by atoms with Crippen LogP contribution in [0.2, 0.25) is 0 Å². The number of carbonyl (C=O) groups is 1. The van der Waals surface area contributed by atoms with Crippen molar-refractivity contribution < 1.29 is 4.79 Å². The van der Waals surface area contributed by atoms with Gasteiger partial charge in [0.05, 0.1) is 22.6 Å². The Bertz CT molecular complexity index is 1050. The van der Waals surface area contributed by atoms with E-state index in [1.165, 1.54) is 16.9 Å². The van der Waals surface area contributed by atoms with Gasteiger partial charge < -0.3 is 9.88 Å². The van der Waals surface area contributed by atoms with E-state index >= 15 is 0 Å². The minimum Gasteiger partial charge on any atom is -0.345 e. The number of amides is 1. The summed E-state index contributed by atoms with van der Waals surface area (Å²) in [4.78, 5) is 21.4. The first-order chi connectivity index (χ1) is 13.2. The first-order valence-electron chi connectivity index (χ1n) is 8.54. The molecule has 0 fully saturated rings. The summed E-state index contributed by atoms with van der Waals surface area (Å²) in [6.07, 6.45) is 6.15. The third-order valence-electron chi connectivity index (χ3n) is 4.20.